The Morgan fingerprint density at radius 1 is 1.47 bits per heavy atom. The second kappa shape index (κ2) is 5.35. The molecule has 0 aliphatic rings. The fourth-order valence-electron chi connectivity index (χ4n) is 1.61. The number of hydrogen-bond donors (Lipinski definition) is 0. The van der Waals surface area contributed by atoms with Crippen molar-refractivity contribution in [2.75, 3.05) is 26.1 Å². The summed E-state index contributed by atoms with van der Waals surface area (Å²) in [5, 5.41) is 0. The number of carbonyl (C=O) groups excluding carboxylic acids is 1. The van der Waals surface area contributed by atoms with Crippen molar-refractivity contribution in [1.82, 2.24) is 0 Å². The molecule has 1 atom stereocenters. The summed E-state index contributed by atoms with van der Waals surface area (Å²) in [6.45, 7) is 8.91. The fourth-order valence-corrected chi connectivity index (χ4v) is 1.61. The van der Waals surface area contributed by atoms with Crippen LogP contribution < -0.4 is 4.90 Å². The first-order chi connectivity index (χ1) is 8.01. The molecule has 1 unspecified atom stereocenters. The third kappa shape index (κ3) is 2.76. The third-order valence-electron chi connectivity index (χ3n) is 2.57. The zero-order valence-electron chi connectivity index (χ0n) is 10.5. The number of benzene rings is 1. The molecule has 0 amide bonds. The molecule has 0 heterocycles. The number of hydrogen-bond acceptors (Lipinski definition) is 3. The van der Waals surface area contributed by atoms with Gasteiger partial charge in [0, 0.05) is 26.7 Å². The van der Waals surface area contributed by atoms with Crippen molar-refractivity contribution in [3.8, 4) is 0 Å². The first-order valence-corrected chi connectivity index (χ1v) is 5.27. The van der Waals surface area contributed by atoms with Gasteiger partial charge in [-0.25, -0.2) is 11.4 Å². The van der Waals surface area contributed by atoms with E-state index in [9.17, 15) is 4.79 Å². The second-order valence-electron chi connectivity index (χ2n) is 3.96. The van der Waals surface area contributed by atoms with E-state index < -0.39 is 0 Å². The van der Waals surface area contributed by atoms with Gasteiger partial charge in [-0.15, -0.1) is 0 Å². The van der Waals surface area contributed by atoms with Crippen molar-refractivity contribution in [2.45, 2.75) is 13.0 Å². The zero-order valence-corrected chi connectivity index (χ0v) is 10.5. The van der Waals surface area contributed by atoms with E-state index in [-0.39, 0.29) is 12.0 Å². The van der Waals surface area contributed by atoms with Crippen LogP contribution in [0, 0.1) is 6.57 Å². The highest BCUT2D eigenvalue weighted by molar-refractivity contribution is 5.90. The Labute approximate surface area is 102 Å². The van der Waals surface area contributed by atoms with Crippen LogP contribution in [0.25, 0.3) is 4.85 Å². The maximum absolute atomic E-state index is 11.4. The topological polar surface area (TPSA) is 33.9 Å². The van der Waals surface area contributed by atoms with Crippen LogP contribution in [0.2, 0.25) is 0 Å². The van der Waals surface area contributed by atoms with Gasteiger partial charge in [0.2, 0.25) is 6.04 Å². The summed E-state index contributed by atoms with van der Waals surface area (Å²) in [5.74, 6) is -0.381. The summed E-state index contributed by atoms with van der Waals surface area (Å²) >= 11 is 0. The average molecular weight is 232 g/mol. The van der Waals surface area contributed by atoms with Crippen molar-refractivity contribution in [3.63, 3.8) is 0 Å². The predicted molar refractivity (Wildman–Crippen MR) is 67.1 cm³/mol. The molecule has 1 rings (SSSR count). The van der Waals surface area contributed by atoms with Gasteiger partial charge in [-0.1, -0.05) is 0 Å². The van der Waals surface area contributed by atoms with Crippen LogP contribution in [0.5, 0.6) is 0 Å². The molecule has 0 N–H and O–H groups in total. The van der Waals surface area contributed by atoms with E-state index in [2.05, 4.69) is 9.58 Å². The van der Waals surface area contributed by atoms with Crippen LogP contribution in [0.1, 0.15) is 28.9 Å². The van der Waals surface area contributed by atoms with Crippen molar-refractivity contribution < 1.29 is 9.53 Å². The molecule has 0 aromatic heterocycles. The number of esters is 1. The van der Waals surface area contributed by atoms with E-state index in [1.54, 1.807) is 12.1 Å². The van der Waals surface area contributed by atoms with Gasteiger partial charge in [-0.2, -0.15) is 0 Å². The number of nitrogens with zero attached hydrogens (tertiary/aromatic N) is 2. The number of carbonyl (C=O) groups is 1. The molecule has 0 fully saturated rings. The molecule has 1 aromatic rings. The van der Waals surface area contributed by atoms with E-state index in [4.69, 9.17) is 6.57 Å². The van der Waals surface area contributed by atoms with Crippen LogP contribution in [0.3, 0.4) is 0 Å². The molecular formula is C13H16N2O2. The Balaban J connectivity index is 3.30. The Hall–Kier alpha value is -2.02. The standard InChI is InChI=1S/C13H16N2O2/c1-9(14-2)11-8-10(13(16)17-5)6-7-12(11)15(3)4/h6-9H,1,3-5H3. The first kappa shape index (κ1) is 13.0. The van der Waals surface area contributed by atoms with Crippen molar-refractivity contribution in [2.24, 2.45) is 0 Å². The Kier molecular flexibility index (Phi) is 4.11. The number of rotatable bonds is 3. The van der Waals surface area contributed by atoms with Gasteiger partial charge >= 0.3 is 5.97 Å². The largest absolute Gasteiger partial charge is 0.465 e. The number of anilines is 1. The predicted octanol–water partition coefficient (Wildman–Crippen LogP) is 2.52. The minimum atomic E-state index is -0.381. The summed E-state index contributed by atoms with van der Waals surface area (Å²) in [4.78, 5) is 16.9. The Bertz CT molecular complexity index is 461. The minimum absolute atomic E-state index is 0.281. The molecular weight excluding hydrogens is 216 g/mol. The van der Waals surface area contributed by atoms with Gasteiger partial charge in [-0.3, -0.25) is 0 Å². The summed E-state index contributed by atoms with van der Waals surface area (Å²) in [6.07, 6.45) is 0. The highest BCUT2D eigenvalue weighted by Crippen LogP contribution is 2.28. The van der Waals surface area contributed by atoms with Crippen LogP contribution in [0.15, 0.2) is 18.2 Å². The van der Waals surface area contributed by atoms with E-state index in [1.807, 2.05) is 32.0 Å². The average Bonchev–Trinajstić information content (AvgIpc) is 2.35. The molecule has 0 radical (unpaired) electrons. The SMILES string of the molecule is [C-]#[N+]C(C)c1cc(C(=O)OC)ccc1N(C)C. The molecule has 0 bridgehead atoms. The lowest BCUT2D eigenvalue weighted by Crippen LogP contribution is -2.13. The monoisotopic (exact) mass is 232 g/mol. The molecule has 0 aliphatic carbocycles. The lowest BCUT2D eigenvalue weighted by Gasteiger charge is -2.17. The van der Waals surface area contributed by atoms with Crippen LogP contribution in [-0.2, 0) is 4.74 Å². The fraction of sp³-hybridized carbons (Fsp3) is 0.385. The van der Waals surface area contributed by atoms with Crippen molar-refractivity contribution >= 4 is 11.7 Å². The summed E-state index contributed by atoms with van der Waals surface area (Å²) in [5.41, 5.74) is 2.26. The van der Waals surface area contributed by atoms with Gasteiger partial charge in [0.1, 0.15) is 0 Å². The molecule has 0 aliphatic heterocycles. The van der Waals surface area contributed by atoms with Crippen LogP contribution in [0.4, 0.5) is 5.69 Å². The molecule has 1 aromatic carbocycles. The molecule has 17 heavy (non-hydrogen) atoms. The first-order valence-electron chi connectivity index (χ1n) is 5.27. The highest BCUT2D eigenvalue weighted by atomic mass is 16.5. The highest BCUT2D eigenvalue weighted by Gasteiger charge is 2.18. The maximum atomic E-state index is 11.4. The van der Waals surface area contributed by atoms with Gasteiger partial charge in [0.25, 0.3) is 0 Å². The summed E-state index contributed by atoms with van der Waals surface area (Å²) in [6, 6.07) is 4.99. The van der Waals surface area contributed by atoms with Gasteiger partial charge < -0.3 is 14.5 Å². The molecule has 0 saturated carbocycles. The lowest BCUT2D eigenvalue weighted by molar-refractivity contribution is 0.0600. The summed E-state index contributed by atoms with van der Waals surface area (Å²) < 4.78 is 4.67. The van der Waals surface area contributed by atoms with E-state index in [0.717, 1.165) is 11.3 Å². The molecule has 0 spiro atoms. The second-order valence-corrected chi connectivity index (χ2v) is 3.96. The van der Waals surface area contributed by atoms with Gasteiger partial charge in [0.05, 0.1) is 18.2 Å². The lowest BCUT2D eigenvalue weighted by atomic mass is 10.0. The number of ether oxygens (including phenoxy) is 1. The quantitative estimate of drug-likeness (QED) is 0.593. The van der Waals surface area contributed by atoms with E-state index in [1.165, 1.54) is 7.11 Å². The Morgan fingerprint density at radius 3 is 2.59 bits per heavy atom. The third-order valence-corrected chi connectivity index (χ3v) is 2.57. The van der Waals surface area contributed by atoms with Crippen LogP contribution >= 0.6 is 0 Å². The Morgan fingerprint density at radius 2 is 2.12 bits per heavy atom. The van der Waals surface area contributed by atoms with E-state index in [0.29, 0.717) is 5.56 Å². The minimum Gasteiger partial charge on any atom is -0.465 e. The number of methoxy groups -OCH3 is 1. The molecule has 4 heteroatoms. The van der Waals surface area contributed by atoms with Crippen molar-refractivity contribution in [3.05, 3.63) is 40.7 Å². The molecule has 90 valence electrons. The normalized spacial score (nSPS) is 11.5. The zero-order chi connectivity index (χ0) is 13.0. The van der Waals surface area contributed by atoms with E-state index >= 15 is 0 Å². The molecule has 0 saturated heterocycles. The van der Waals surface area contributed by atoms with Gasteiger partial charge in [-0.05, 0) is 18.2 Å². The van der Waals surface area contributed by atoms with Gasteiger partial charge in [0.15, 0.2) is 0 Å². The maximum Gasteiger partial charge on any atom is 0.337 e. The molecule has 4 nitrogen and oxygen atoms in total. The van der Waals surface area contributed by atoms with Crippen LogP contribution in [-0.4, -0.2) is 27.2 Å². The van der Waals surface area contributed by atoms with Crippen molar-refractivity contribution in [1.29, 1.82) is 0 Å². The smallest absolute Gasteiger partial charge is 0.337 e. The summed E-state index contributed by atoms with van der Waals surface area (Å²) in [7, 11) is 5.17.